The Kier molecular flexibility index (Phi) is 17.6. The zero-order chi connectivity index (χ0) is 18.8. The Balaban J connectivity index is 3.30. The molecule has 0 heterocycles. The normalized spacial score (nSPS) is 15.2. The van der Waals surface area contributed by atoms with Gasteiger partial charge in [0, 0.05) is 7.11 Å². The van der Waals surface area contributed by atoms with Gasteiger partial charge in [-0.25, -0.2) is 5.26 Å². The van der Waals surface area contributed by atoms with Crippen LogP contribution in [-0.4, -0.2) is 18.5 Å². The summed E-state index contributed by atoms with van der Waals surface area (Å²) in [6.45, 7) is 4.30. The molecule has 0 bridgehead atoms. The van der Waals surface area contributed by atoms with E-state index in [0.717, 1.165) is 12.8 Å². The lowest BCUT2D eigenvalue weighted by Crippen LogP contribution is -2.05. The largest absolute Gasteiger partial charge is 0.357 e. The summed E-state index contributed by atoms with van der Waals surface area (Å²) in [5.74, 6) is 0.246. The molecule has 1 N–H and O–H groups in total. The van der Waals surface area contributed by atoms with Gasteiger partial charge in [-0.2, -0.15) is 4.67 Å². The van der Waals surface area contributed by atoms with Crippen LogP contribution in [0.5, 0.6) is 0 Å². The van der Waals surface area contributed by atoms with Gasteiger partial charge in [0.05, 0.1) is 6.16 Å². The Morgan fingerprint density at radius 1 is 0.800 bits per heavy atom. The zero-order valence-corrected chi connectivity index (χ0v) is 17.9. The molecule has 4 nitrogen and oxygen atoms in total. The van der Waals surface area contributed by atoms with Crippen molar-refractivity contribution in [3.63, 3.8) is 0 Å². The lowest BCUT2D eigenvalue weighted by molar-refractivity contribution is -0.148. The van der Waals surface area contributed by atoms with Crippen molar-refractivity contribution in [3.8, 4) is 0 Å². The van der Waals surface area contributed by atoms with Gasteiger partial charge in [-0.3, -0.25) is 4.57 Å². The van der Waals surface area contributed by atoms with Crippen LogP contribution in [0.25, 0.3) is 0 Å². The van der Waals surface area contributed by atoms with Crippen molar-refractivity contribution in [2.45, 2.75) is 110 Å². The summed E-state index contributed by atoms with van der Waals surface area (Å²) in [6, 6.07) is 0. The predicted molar refractivity (Wildman–Crippen MR) is 107 cm³/mol. The fourth-order valence-corrected chi connectivity index (χ4v) is 4.53. The molecular weight excluding hydrogens is 335 g/mol. The Labute approximate surface area is 156 Å². The second kappa shape index (κ2) is 17.5. The Hall–Kier alpha value is 0.110. The third kappa shape index (κ3) is 16.0. The van der Waals surface area contributed by atoms with Crippen molar-refractivity contribution in [1.82, 2.24) is 0 Å². The van der Waals surface area contributed by atoms with Crippen LogP contribution in [0.4, 0.5) is 0 Å². The first-order chi connectivity index (χ1) is 12.1. The molecule has 0 aliphatic carbocycles. The van der Waals surface area contributed by atoms with Gasteiger partial charge in [-0.05, 0) is 5.92 Å². The van der Waals surface area contributed by atoms with E-state index < -0.39 is 7.60 Å². The molecular formula is C20H43O4P. The van der Waals surface area contributed by atoms with Crippen molar-refractivity contribution in [2.75, 3.05) is 13.3 Å². The van der Waals surface area contributed by atoms with E-state index in [9.17, 15) is 4.57 Å². The maximum Gasteiger partial charge on any atom is 0.357 e. The van der Waals surface area contributed by atoms with E-state index in [1.54, 1.807) is 0 Å². The van der Waals surface area contributed by atoms with Gasteiger partial charge in [0.15, 0.2) is 0 Å². The van der Waals surface area contributed by atoms with Crippen LogP contribution < -0.4 is 0 Å². The molecule has 2 unspecified atom stereocenters. The summed E-state index contributed by atoms with van der Waals surface area (Å²) in [5.41, 5.74) is 0. The number of unbranched alkanes of at least 4 members (excludes halogenated alkanes) is 13. The van der Waals surface area contributed by atoms with Gasteiger partial charge < -0.3 is 4.52 Å². The van der Waals surface area contributed by atoms with Crippen molar-refractivity contribution in [3.05, 3.63) is 0 Å². The minimum atomic E-state index is -3.27. The minimum absolute atomic E-state index is 0.246. The Bertz CT molecular complexity index is 315. The summed E-state index contributed by atoms with van der Waals surface area (Å²) < 4.78 is 20.6. The van der Waals surface area contributed by atoms with Gasteiger partial charge in [-0.15, -0.1) is 0 Å². The average Bonchev–Trinajstić information content (AvgIpc) is 2.61. The van der Waals surface area contributed by atoms with Gasteiger partial charge in [0.1, 0.15) is 0 Å². The molecule has 0 spiro atoms. The Morgan fingerprint density at radius 2 is 1.20 bits per heavy atom. The molecule has 0 saturated carbocycles. The number of hydrogen-bond donors (Lipinski definition) is 1. The van der Waals surface area contributed by atoms with E-state index >= 15 is 0 Å². The van der Waals surface area contributed by atoms with Gasteiger partial charge in [0.25, 0.3) is 0 Å². The summed E-state index contributed by atoms with van der Waals surface area (Å²) >= 11 is 0. The summed E-state index contributed by atoms with van der Waals surface area (Å²) in [5, 5.41) is 8.64. The second-order valence-corrected chi connectivity index (χ2v) is 9.66. The molecule has 0 aliphatic heterocycles. The molecule has 0 rings (SSSR count). The van der Waals surface area contributed by atoms with E-state index in [-0.39, 0.29) is 5.92 Å². The lowest BCUT2D eigenvalue weighted by atomic mass is 10.0. The predicted octanol–water partition coefficient (Wildman–Crippen LogP) is 7.82. The van der Waals surface area contributed by atoms with E-state index in [1.165, 1.54) is 90.6 Å². The van der Waals surface area contributed by atoms with E-state index in [0.29, 0.717) is 6.16 Å². The third-order valence-electron chi connectivity index (χ3n) is 4.99. The van der Waals surface area contributed by atoms with Crippen molar-refractivity contribution in [2.24, 2.45) is 5.92 Å². The molecule has 5 heteroatoms. The molecule has 0 aromatic rings. The van der Waals surface area contributed by atoms with Crippen LogP contribution in [0, 0.1) is 5.92 Å². The maximum atomic E-state index is 11.8. The highest BCUT2D eigenvalue weighted by molar-refractivity contribution is 7.53. The maximum absolute atomic E-state index is 11.8. The fourth-order valence-electron chi connectivity index (χ4n) is 3.30. The van der Waals surface area contributed by atoms with Crippen LogP contribution in [-0.2, 0) is 13.8 Å². The van der Waals surface area contributed by atoms with E-state index in [4.69, 9.17) is 9.78 Å². The average molecular weight is 379 g/mol. The lowest BCUT2D eigenvalue weighted by Gasteiger charge is -2.16. The highest BCUT2D eigenvalue weighted by atomic mass is 31.2. The molecule has 152 valence electrons. The molecule has 2 atom stereocenters. The molecule has 0 aromatic carbocycles. The Morgan fingerprint density at radius 3 is 1.56 bits per heavy atom. The van der Waals surface area contributed by atoms with Crippen molar-refractivity contribution < 1.29 is 19.0 Å². The standard InChI is InChI=1S/C20H43O4P/c1-4-5-6-7-8-9-10-11-12-13-14-15-16-17-18-20(2)19-25(22,23-3)24-21/h20-21H,4-19H2,1-3H3. The first kappa shape index (κ1) is 25.1. The molecule has 0 saturated heterocycles. The molecule has 0 aromatic heterocycles. The van der Waals surface area contributed by atoms with Gasteiger partial charge >= 0.3 is 7.60 Å². The molecule has 0 radical (unpaired) electrons. The monoisotopic (exact) mass is 378 g/mol. The summed E-state index contributed by atoms with van der Waals surface area (Å²) in [4.78, 5) is 0. The van der Waals surface area contributed by atoms with E-state index in [1.807, 2.05) is 6.92 Å². The highest BCUT2D eigenvalue weighted by Gasteiger charge is 2.25. The molecule has 0 fully saturated rings. The van der Waals surface area contributed by atoms with Gasteiger partial charge in [-0.1, -0.05) is 110 Å². The van der Waals surface area contributed by atoms with Gasteiger partial charge in [0.2, 0.25) is 0 Å². The van der Waals surface area contributed by atoms with Crippen LogP contribution in [0.2, 0.25) is 0 Å². The van der Waals surface area contributed by atoms with Crippen molar-refractivity contribution in [1.29, 1.82) is 0 Å². The fraction of sp³-hybridized carbons (Fsp3) is 1.00. The van der Waals surface area contributed by atoms with Crippen molar-refractivity contribution >= 4 is 7.60 Å². The smallest absolute Gasteiger partial charge is 0.310 e. The van der Waals surface area contributed by atoms with Crippen LogP contribution >= 0.6 is 7.60 Å². The second-order valence-electron chi connectivity index (χ2n) is 7.55. The minimum Gasteiger partial charge on any atom is -0.310 e. The zero-order valence-electron chi connectivity index (χ0n) is 17.0. The van der Waals surface area contributed by atoms with E-state index in [2.05, 4.69) is 11.6 Å². The first-order valence-electron chi connectivity index (χ1n) is 10.6. The molecule has 25 heavy (non-hydrogen) atoms. The SMILES string of the molecule is CCCCCCCCCCCCCCCCC(C)CP(=O)(OC)OO. The summed E-state index contributed by atoms with van der Waals surface area (Å²) in [7, 11) is -1.95. The highest BCUT2D eigenvalue weighted by Crippen LogP contribution is 2.48. The summed E-state index contributed by atoms with van der Waals surface area (Å²) in [6.07, 6.45) is 20.3. The van der Waals surface area contributed by atoms with Crippen LogP contribution in [0.15, 0.2) is 0 Å². The van der Waals surface area contributed by atoms with Crippen LogP contribution in [0.1, 0.15) is 110 Å². The number of hydrogen-bond acceptors (Lipinski definition) is 4. The first-order valence-corrected chi connectivity index (χ1v) is 12.3. The quantitative estimate of drug-likeness (QED) is 0.108. The third-order valence-corrected chi connectivity index (χ3v) is 6.86. The topological polar surface area (TPSA) is 55.8 Å². The molecule has 0 aliphatic rings. The van der Waals surface area contributed by atoms with Crippen LogP contribution in [0.3, 0.4) is 0 Å². The number of rotatable bonds is 19. The molecule has 0 amide bonds.